The van der Waals surface area contributed by atoms with Crippen LogP contribution in [0.4, 0.5) is 13.2 Å². The number of methoxy groups -OCH3 is 1. The molecule has 1 aromatic carbocycles. The molecule has 9 heteroatoms. The van der Waals surface area contributed by atoms with Gasteiger partial charge >= 0.3 is 15.6 Å². The summed E-state index contributed by atoms with van der Waals surface area (Å²) in [5.74, 6) is -0.951. The Morgan fingerprint density at radius 2 is 1.83 bits per heavy atom. The third-order valence-electron chi connectivity index (χ3n) is 1.81. The van der Waals surface area contributed by atoms with E-state index < -0.39 is 21.4 Å². The number of benzene rings is 1. The fourth-order valence-electron chi connectivity index (χ4n) is 0.997. The Morgan fingerprint density at radius 3 is 2.28 bits per heavy atom. The molecule has 0 heterocycles. The van der Waals surface area contributed by atoms with Gasteiger partial charge in [-0.1, -0.05) is 0 Å². The highest BCUT2D eigenvalue weighted by atomic mass is 32.2. The Balaban J connectivity index is 3.22. The maximum absolute atomic E-state index is 12.1. The molecule has 0 radical (unpaired) electrons. The summed E-state index contributed by atoms with van der Waals surface area (Å²) in [5, 5.41) is 0. The van der Waals surface area contributed by atoms with E-state index in [1.54, 1.807) is 0 Å². The van der Waals surface area contributed by atoms with Gasteiger partial charge in [0.2, 0.25) is 0 Å². The van der Waals surface area contributed by atoms with Gasteiger partial charge in [0.05, 0.1) is 7.11 Å². The van der Waals surface area contributed by atoms with Crippen LogP contribution in [0.25, 0.3) is 0 Å². The van der Waals surface area contributed by atoms with Crippen molar-refractivity contribution in [1.82, 2.24) is 0 Å². The van der Waals surface area contributed by atoms with Crippen LogP contribution in [-0.4, -0.2) is 27.3 Å². The summed E-state index contributed by atoms with van der Waals surface area (Å²) in [6.45, 7) is 0. The molecule has 0 saturated carbocycles. The third kappa shape index (κ3) is 2.92. The molecule has 0 aliphatic heterocycles. The van der Waals surface area contributed by atoms with E-state index in [1.165, 1.54) is 6.07 Å². The molecule has 0 N–H and O–H groups in total. The molecule has 1 rings (SSSR count). The summed E-state index contributed by atoms with van der Waals surface area (Å²) in [5.41, 5.74) is -5.61. The number of hydrogen-bond donors (Lipinski definition) is 0. The minimum Gasteiger partial charge on any atom is -0.493 e. The van der Waals surface area contributed by atoms with Crippen LogP contribution < -0.4 is 8.92 Å². The highest BCUT2D eigenvalue weighted by Gasteiger charge is 2.48. The molecule has 5 nitrogen and oxygen atoms in total. The second kappa shape index (κ2) is 4.84. The predicted molar refractivity (Wildman–Crippen MR) is 54.0 cm³/mol. The first kappa shape index (κ1) is 14.3. The molecular weight excluding hydrogens is 277 g/mol. The van der Waals surface area contributed by atoms with E-state index >= 15 is 0 Å². The van der Waals surface area contributed by atoms with Crippen molar-refractivity contribution in [2.75, 3.05) is 7.11 Å². The lowest BCUT2D eigenvalue weighted by Gasteiger charge is -2.12. The number of halogens is 3. The van der Waals surface area contributed by atoms with E-state index in [0.717, 1.165) is 19.2 Å². The maximum Gasteiger partial charge on any atom is 0.534 e. The van der Waals surface area contributed by atoms with E-state index in [4.69, 9.17) is 0 Å². The summed E-state index contributed by atoms with van der Waals surface area (Å²) < 4.78 is 66.5. The molecule has 0 amide bonds. The number of ether oxygens (including phenoxy) is 1. The lowest BCUT2D eigenvalue weighted by atomic mass is 10.2. The summed E-state index contributed by atoms with van der Waals surface area (Å²) in [7, 11) is -4.69. The Bertz CT molecular complexity index is 550. The van der Waals surface area contributed by atoms with Crippen LogP contribution in [0.5, 0.6) is 11.5 Å². The van der Waals surface area contributed by atoms with Crippen LogP contribution in [0.2, 0.25) is 0 Å². The van der Waals surface area contributed by atoms with Gasteiger partial charge < -0.3 is 8.92 Å². The van der Waals surface area contributed by atoms with Gasteiger partial charge in [-0.05, 0) is 18.2 Å². The summed E-state index contributed by atoms with van der Waals surface area (Å²) >= 11 is 0. The lowest BCUT2D eigenvalue weighted by molar-refractivity contribution is -0.0500. The van der Waals surface area contributed by atoms with Crippen LogP contribution in [0.15, 0.2) is 18.2 Å². The normalized spacial score (nSPS) is 12.0. The SMILES string of the molecule is COc1ccc(C=O)cc1OS(=O)(=O)C(F)(F)F. The number of rotatable bonds is 4. The molecule has 0 fully saturated rings. The average Bonchev–Trinajstić information content (AvgIpc) is 2.26. The van der Waals surface area contributed by atoms with E-state index in [1.807, 2.05) is 0 Å². The Morgan fingerprint density at radius 1 is 1.22 bits per heavy atom. The molecule has 0 aromatic heterocycles. The molecule has 18 heavy (non-hydrogen) atoms. The van der Waals surface area contributed by atoms with Crippen LogP contribution in [0.3, 0.4) is 0 Å². The lowest BCUT2D eigenvalue weighted by Crippen LogP contribution is -2.28. The van der Waals surface area contributed by atoms with Crippen LogP contribution in [0.1, 0.15) is 10.4 Å². The molecule has 100 valence electrons. The standard InChI is InChI=1S/C9H7F3O5S/c1-16-7-3-2-6(5-13)4-8(7)17-18(14,15)9(10,11)12/h2-5H,1H3. The highest BCUT2D eigenvalue weighted by molar-refractivity contribution is 7.88. The highest BCUT2D eigenvalue weighted by Crippen LogP contribution is 2.33. The predicted octanol–water partition coefficient (Wildman–Crippen LogP) is 1.74. The second-order valence-electron chi connectivity index (χ2n) is 3.01. The molecule has 0 spiro atoms. The van der Waals surface area contributed by atoms with Gasteiger partial charge in [-0.2, -0.15) is 21.6 Å². The van der Waals surface area contributed by atoms with Crippen molar-refractivity contribution in [2.24, 2.45) is 0 Å². The molecule has 0 saturated heterocycles. The summed E-state index contributed by atoms with van der Waals surface area (Å²) in [6.07, 6.45) is 0.326. The molecule has 0 unspecified atom stereocenters. The number of carbonyl (C=O) groups excluding carboxylic acids is 1. The van der Waals surface area contributed by atoms with Crippen molar-refractivity contribution in [3.8, 4) is 11.5 Å². The molecule has 0 aliphatic carbocycles. The fraction of sp³-hybridized carbons (Fsp3) is 0.222. The summed E-state index contributed by atoms with van der Waals surface area (Å²) in [4.78, 5) is 10.5. The molecule has 0 bridgehead atoms. The second-order valence-corrected chi connectivity index (χ2v) is 4.55. The zero-order valence-corrected chi connectivity index (χ0v) is 9.71. The number of hydrogen-bond acceptors (Lipinski definition) is 5. The Hall–Kier alpha value is -1.77. The molecule has 1 aromatic rings. The van der Waals surface area contributed by atoms with Crippen molar-refractivity contribution in [3.63, 3.8) is 0 Å². The quantitative estimate of drug-likeness (QED) is 0.478. The number of carbonyl (C=O) groups is 1. The van der Waals surface area contributed by atoms with E-state index in [2.05, 4.69) is 8.92 Å². The largest absolute Gasteiger partial charge is 0.534 e. The topological polar surface area (TPSA) is 69.7 Å². The van der Waals surface area contributed by atoms with E-state index in [0.29, 0.717) is 6.29 Å². The van der Waals surface area contributed by atoms with Crippen molar-refractivity contribution in [1.29, 1.82) is 0 Å². The van der Waals surface area contributed by atoms with Gasteiger partial charge in [0.1, 0.15) is 6.29 Å². The first-order valence-electron chi connectivity index (χ1n) is 4.35. The van der Waals surface area contributed by atoms with Crippen LogP contribution >= 0.6 is 0 Å². The van der Waals surface area contributed by atoms with Gasteiger partial charge in [0, 0.05) is 5.56 Å². The van der Waals surface area contributed by atoms with Gasteiger partial charge in [-0.15, -0.1) is 0 Å². The van der Waals surface area contributed by atoms with Crippen LogP contribution in [-0.2, 0) is 10.1 Å². The average molecular weight is 284 g/mol. The zero-order valence-electron chi connectivity index (χ0n) is 8.89. The van der Waals surface area contributed by atoms with Crippen LogP contribution in [0, 0.1) is 0 Å². The van der Waals surface area contributed by atoms with Gasteiger partial charge in [-0.25, -0.2) is 0 Å². The Kier molecular flexibility index (Phi) is 3.85. The monoisotopic (exact) mass is 284 g/mol. The summed E-state index contributed by atoms with van der Waals surface area (Å²) in [6, 6.07) is 3.18. The smallest absolute Gasteiger partial charge is 0.493 e. The first-order chi connectivity index (χ1) is 8.21. The minimum atomic E-state index is -5.80. The number of alkyl halides is 3. The van der Waals surface area contributed by atoms with Gasteiger partial charge in [0.15, 0.2) is 11.5 Å². The van der Waals surface area contributed by atoms with E-state index in [9.17, 15) is 26.4 Å². The fourth-order valence-corrected chi connectivity index (χ4v) is 1.46. The zero-order chi connectivity index (χ0) is 14.0. The minimum absolute atomic E-state index is 0.0526. The first-order valence-corrected chi connectivity index (χ1v) is 5.76. The van der Waals surface area contributed by atoms with Gasteiger partial charge in [0.25, 0.3) is 0 Å². The van der Waals surface area contributed by atoms with Gasteiger partial charge in [-0.3, -0.25) is 4.79 Å². The van der Waals surface area contributed by atoms with Crippen molar-refractivity contribution >= 4 is 16.4 Å². The third-order valence-corrected chi connectivity index (χ3v) is 2.77. The molecule has 0 atom stereocenters. The van der Waals surface area contributed by atoms with E-state index in [-0.39, 0.29) is 11.3 Å². The Labute approximate surface area is 100 Å². The number of aldehydes is 1. The molecular formula is C9H7F3O5S. The maximum atomic E-state index is 12.1. The van der Waals surface area contributed by atoms with Crippen molar-refractivity contribution < 1.29 is 35.3 Å². The van der Waals surface area contributed by atoms with Crippen molar-refractivity contribution in [2.45, 2.75) is 5.51 Å². The van der Waals surface area contributed by atoms with Crippen molar-refractivity contribution in [3.05, 3.63) is 23.8 Å². The molecule has 0 aliphatic rings.